The predicted molar refractivity (Wildman–Crippen MR) is 234 cm³/mol. The Bertz CT molecular complexity index is 2760. The van der Waals surface area contributed by atoms with Crippen LogP contribution in [-0.2, 0) is 12.8 Å². The van der Waals surface area contributed by atoms with Crippen molar-refractivity contribution in [3.63, 3.8) is 0 Å². The summed E-state index contributed by atoms with van der Waals surface area (Å²) in [5, 5.41) is 8.49. The van der Waals surface area contributed by atoms with Gasteiger partial charge in [-0.15, -0.1) is 0 Å². The lowest BCUT2D eigenvalue weighted by Gasteiger charge is -2.28. The van der Waals surface area contributed by atoms with Crippen molar-refractivity contribution in [1.29, 1.82) is 0 Å². The van der Waals surface area contributed by atoms with Gasteiger partial charge in [0.1, 0.15) is 0 Å². The van der Waals surface area contributed by atoms with E-state index in [1.165, 1.54) is 116 Å². The molecule has 0 saturated carbocycles. The second kappa shape index (κ2) is 12.8. The van der Waals surface area contributed by atoms with E-state index in [1.54, 1.807) is 0 Å². The molecule has 0 nitrogen and oxygen atoms in total. The van der Waals surface area contributed by atoms with E-state index in [4.69, 9.17) is 0 Å². The molecule has 2 atom stereocenters. The monoisotopic (exact) mass is 696 g/mol. The van der Waals surface area contributed by atoms with E-state index in [9.17, 15) is 0 Å². The Morgan fingerprint density at radius 3 is 2.33 bits per heavy atom. The van der Waals surface area contributed by atoms with Gasteiger partial charge in [0.15, 0.2) is 0 Å². The summed E-state index contributed by atoms with van der Waals surface area (Å²) in [5.41, 5.74) is 21.4. The highest BCUT2D eigenvalue weighted by molar-refractivity contribution is 6.21. The van der Waals surface area contributed by atoms with Crippen molar-refractivity contribution in [2.24, 2.45) is 0 Å². The summed E-state index contributed by atoms with van der Waals surface area (Å²) in [4.78, 5) is 0. The summed E-state index contributed by atoms with van der Waals surface area (Å²) in [6, 6.07) is 31.2. The van der Waals surface area contributed by atoms with Crippen molar-refractivity contribution in [2.45, 2.75) is 78.6 Å². The fourth-order valence-corrected chi connectivity index (χ4v) is 10.2. The molecule has 2 unspecified atom stereocenters. The van der Waals surface area contributed by atoms with Crippen LogP contribution in [0.25, 0.3) is 60.7 Å². The van der Waals surface area contributed by atoms with Gasteiger partial charge in [0.05, 0.1) is 0 Å². The van der Waals surface area contributed by atoms with E-state index in [1.807, 2.05) is 0 Å². The second-order valence-corrected chi connectivity index (χ2v) is 16.7. The normalized spacial score (nSPS) is 19.1. The van der Waals surface area contributed by atoms with Gasteiger partial charge in [-0.3, -0.25) is 0 Å². The van der Waals surface area contributed by atoms with Gasteiger partial charge in [-0.2, -0.15) is 0 Å². The first kappa shape index (κ1) is 33.1. The van der Waals surface area contributed by atoms with Gasteiger partial charge in [0.25, 0.3) is 0 Å². The van der Waals surface area contributed by atoms with Gasteiger partial charge >= 0.3 is 0 Å². The van der Waals surface area contributed by atoms with Crippen molar-refractivity contribution >= 4 is 49.5 Å². The summed E-state index contributed by atoms with van der Waals surface area (Å²) >= 11 is 0. The Morgan fingerprint density at radius 1 is 0.704 bits per heavy atom. The summed E-state index contributed by atoms with van der Waals surface area (Å²) < 4.78 is 0. The number of allylic oxidation sites excluding steroid dienone is 11. The molecule has 0 bridgehead atoms. The second-order valence-electron chi connectivity index (χ2n) is 16.7. The minimum atomic E-state index is 0.325. The number of rotatable bonds is 5. The van der Waals surface area contributed by atoms with Crippen LogP contribution >= 0.6 is 0 Å². The number of benzene rings is 6. The maximum absolute atomic E-state index is 2.63. The molecule has 0 fully saturated rings. The van der Waals surface area contributed by atoms with Crippen LogP contribution in [0.5, 0.6) is 0 Å². The van der Waals surface area contributed by atoms with Crippen LogP contribution in [0.15, 0.2) is 133 Å². The molecule has 0 aromatic heterocycles. The van der Waals surface area contributed by atoms with Crippen LogP contribution in [-0.4, -0.2) is 0 Å². The molecule has 0 amide bonds. The van der Waals surface area contributed by atoms with Gasteiger partial charge < -0.3 is 0 Å². The lowest BCUT2D eigenvalue weighted by Crippen LogP contribution is -2.10. The molecule has 6 aromatic carbocycles. The van der Waals surface area contributed by atoms with Crippen LogP contribution in [0.3, 0.4) is 0 Å². The average Bonchev–Trinajstić information content (AvgIpc) is 3.69. The molecule has 0 heterocycles. The summed E-state index contributed by atoms with van der Waals surface area (Å²) in [5.74, 6) is 0.706. The van der Waals surface area contributed by atoms with E-state index in [-0.39, 0.29) is 0 Å². The molecule has 4 aliphatic carbocycles. The molecule has 10 rings (SSSR count). The van der Waals surface area contributed by atoms with Crippen LogP contribution in [0.2, 0.25) is 0 Å². The quantitative estimate of drug-likeness (QED) is 0.124. The van der Waals surface area contributed by atoms with Gasteiger partial charge in [-0.1, -0.05) is 114 Å². The van der Waals surface area contributed by atoms with Crippen molar-refractivity contribution < 1.29 is 0 Å². The fourth-order valence-electron chi connectivity index (χ4n) is 10.2. The van der Waals surface area contributed by atoms with E-state index in [0.717, 1.165) is 32.1 Å². The van der Waals surface area contributed by atoms with Crippen LogP contribution in [0.1, 0.15) is 102 Å². The molecule has 6 aromatic rings. The standard InChI is InChI=1S/C54H48/c1-32(2)13-12-14-33(3)21-38-19-20-39-26-46-40(27-43(38)39)28-45(37-17-10-7-11-18-37)54-47-31-49-48(30-41(47)29-44(53(46)54)36-15-8-6-9-16-36)50-24-34(4)22-42-23-35(5)25-51(49)52(42)50/h6-11,13-17,21-29,31,37,48H,12,18-20,30H2,1-5H3. The Morgan fingerprint density at radius 2 is 1.54 bits per heavy atom. The maximum Gasteiger partial charge on any atom is 0.0143 e. The SMILES string of the molecule is CC(C)=CCC=C(C)C=C1CCc2cc3c(cc21)cc(C1C=CC=CC1)c1c2c(cc(-c4ccccc4)c13)CC1C(=C2)c2cc(C)cc3cc(C)cc1c23. The molecule has 0 N–H and O–H groups in total. The average molecular weight is 697 g/mol. The third-order valence-electron chi connectivity index (χ3n) is 12.6. The maximum atomic E-state index is 2.63. The van der Waals surface area contributed by atoms with E-state index >= 15 is 0 Å². The molecule has 0 spiro atoms. The predicted octanol–water partition coefficient (Wildman–Crippen LogP) is 14.9. The van der Waals surface area contributed by atoms with Crippen LogP contribution < -0.4 is 0 Å². The largest absolute Gasteiger partial charge is 0.0836 e. The van der Waals surface area contributed by atoms with Crippen LogP contribution in [0.4, 0.5) is 0 Å². The topological polar surface area (TPSA) is 0 Å². The lowest BCUT2D eigenvalue weighted by molar-refractivity contribution is 0.856. The third-order valence-corrected chi connectivity index (χ3v) is 12.6. The van der Waals surface area contributed by atoms with E-state index < -0.39 is 0 Å². The smallest absolute Gasteiger partial charge is 0.0143 e. The zero-order valence-electron chi connectivity index (χ0n) is 32.3. The molecule has 4 aliphatic rings. The van der Waals surface area contributed by atoms with Gasteiger partial charge in [0, 0.05) is 11.8 Å². The summed E-state index contributed by atoms with van der Waals surface area (Å²) in [6.45, 7) is 11.2. The first-order valence-electron chi connectivity index (χ1n) is 20.1. The Kier molecular flexibility index (Phi) is 7.88. The molecule has 0 radical (unpaired) electrons. The number of hydrogen-bond acceptors (Lipinski definition) is 0. The Balaban J connectivity index is 1.26. The van der Waals surface area contributed by atoms with Crippen molar-refractivity contribution in [3.8, 4) is 11.1 Å². The molecule has 0 heteroatoms. The fraction of sp³-hybridized carbons (Fsp3) is 0.222. The number of fused-ring (bicyclic) bond motifs is 9. The molecular formula is C54H48. The zero-order chi connectivity index (χ0) is 36.7. The summed E-state index contributed by atoms with van der Waals surface area (Å²) in [7, 11) is 0. The van der Waals surface area contributed by atoms with E-state index in [2.05, 4.69) is 162 Å². The van der Waals surface area contributed by atoms with Crippen LogP contribution in [0, 0.1) is 13.8 Å². The van der Waals surface area contributed by atoms with Gasteiger partial charge in [0.2, 0.25) is 0 Å². The minimum absolute atomic E-state index is 0.325. The first-order valence-corrected chi connectivity index (χ1v) is 20.1. The Hall–Kier alpha value is -5.46. The highest BCUT2D eigenvalue weighted by Crippen LogP contribution is 2.55. The zero-order valence-corrected chi connectivity index (χ0v) is 32.3. The Labute approximate surface area is 320 Å². The lowest BCUT2D eigenvalue weighted by atomic mass is 9.75. The summed E-state index contributed by atoms with van der Waals surface area (Å²) in [6.07, 6.45) is 24.3. The van der Waals surface area contributed by atoms with Crippen molar-refractivity contribution in [1.82, 2.24) is 0 Å². The minimum Gasteiger partial charge on any atom is -0.0836 e. The molecule has 54 heavy (non-hydrogen) atoms. The van der Waals surface area contributed by atoms with Crippen molar-refractivity contribution in [2.75, 3.05) is 0 Å². The van der Waals surface area contributed by atoms with Gasteiger partial charge in [-0.05, 0) is 196 Å². The highest BCUT2D eigenvalue weighted by Gasteiger charge is 2.35. The first-order chi connectivity index (χ1) is 26.3. The van der Waals surface area contributed by atoms with Crippen molar-refractivity contribution in [3.05, 3.63) is 183 Å². The van der Waals surface area contributed by atoms with Gasteiger partial charge in [-0.25, -0.2) is 0 Å². The molecule has 264 valence electrons. The molecule has 0 aliphatic heterocycles. The number of hydrogen-bond donors (Lipinski definition) is 0. The third kappa shape index (κ3) is 5.41. The molecular weight excluding hydrogens is 649 g/mol. The molecule has 0 saturated heterocycles. The van der Waals surface area contributed by atoms with E-state index in [0.29, 0.717) is 11.8 Å². The highest BCUT2D eigenvalue weighted by atomic mass is 14.4. The number of aryl methyl sites for hydroxylation is 3.